The van der Waals surface area contributed by atoms with Gasteiger partial charge in [-0.15, -0.1) is 23.2 Å². The molecule has 0 radical (unpaired) electrons. The van der Waals surface area contributed by atoms with Crippen molar-refractivity contribution in [3.05, 3.63) is 76.4 Å². The van der Waals surface area contributed by atoms with Crippen molar-refractivity contribution in [1.82, 2.24) is 0 Å². The van der Waals surface area contributed by atoms with Gasteiger partial charge in [0.1, 0.15) is 5.78 Å². The lowest BCUT2D eigenvalue weighted by atomic mass is 9.53. The van der Waals surface area contributed by atoms with Crippen molar-refractivity contribution in [1.29, 1.82) is 0 Å². The first kappa shape index (κ1) is 30.1. The van der Waals surface area contributed by atoms with E-state index in [-0.39, 0.29) is 15.5 Å². The lowest BCUT2D eigenvalue weighted by Gasteiger charge is -2.56. The Bertz CT molecular complexity index is 1370. The summed E-state index contributed by atoms with van der Waals surface area (Å²) in [6.45, 7) is 8.08. The predicted molar refractivity (Wildman–Crippen MR) is 174 cm³/mol. The molecule has 4 heteroatoms. The molecule has 0 aromatic heterocycles. The molecule has 0 spiro atoms. The van der Waals surface area contributed by atoms with Crippen LogP contribution in [0.3, 0.4) is 0 Å². The van der Waals surface area contributed by atoms with Gasteiger partial charge in [0.25, 0.3) is 0 Å². The van der Waals surface area contributed by atoms with Crippen molar-refractivity contribution in [3.8, 4) is 0 Å². The smallest absolute Gasteiger partial charge is 0.159 e. The van der Waals surface area contributed by atoms with E-state index in [0.29, 0.717) is 17.6 Å². The fraction of sp³-hybridized carbons (Fsp3) is 0.579. The Balaban J connectivity index is 0.000000123. The SMILES string of the molecule is CC(=C1C2CC3CC1CC(Cl)(C3)C2)c1cccc(C)c1.CC(=O)c1cccc(C)c1.O=C1C2CC3CC1CC(Cl)(C3)C2. The molecule has 4 atom stereocenters. The summed E-state index contributed by atoms with van der Waals surface area (Å²) in [5.41, 5.74) is 8.01. The van der Waals surface area contributed by atoms with Crippen LogP contribution < -0.4 is 0 Å². The maximum atomic E-state index is 11.7. The molecule has 0 aliphatic heterocycles. The minimum Gasteiger partial charge on any atom is -0.299 e. The van der Waals surface area contributed by atoms with Crippen molar-refractivity contribution >= 4 is 40.3 Å². The molecule has 0 N–H and O–H groups in total. The number of carbonyl (C=O) groups excluding carboxylic acids is 2. The number of rotatable bonds is 2. The van der Waals surface area contributed by atoms with E-state index in [1.54, 1.807) is 18.1 Å². The molecule has 4 unspecified atom stereocenters. The summed E-state index contributed by atoms with van der Waals surface area (Å²) in [5, 5.41) is 0. The van der Waals surface area contributed by atoms with Gasteiger partial charge in [0.2, 0.25) is 0 Å². The highest BCUT2D eigenvalue weighted by atomic mass is 35.5. The van der Waals surface area contributed by atoms with Crippen molar-refractivity contribution in [3.63, 3.8) is 0 Å². The van der Waals surface area contributed by atoms with E-state index in [1.807, 2.05) is 31.2 Å². The number of ketones is 2. The summed E-state index contributed by atoms with van der Waals surface area (Å²) in [4.78, 5) is 22.6. The quantitative estimate of drug-likeness (QED) is 0.252. The number of hydrogen-bond donors (Lipinski definition) is 0. The molecule has 8 aliphatic rings. The van der Waals surface area contributed by atoms with Crippen LogP contribution in [0.15, 0.2) is 54.1 Å². The van der Waals surface area contributed by atoms with Crippen molar-refractivity contribution < 1.29 is 9.59 Å². The van der Waals surface area contributed by atoms with Crippen LogP contribution >= 0.6 is 23.2 Å². The second-order valence-electron chi connectivity index (χ2n) is 14.8. The van der Waals surface area contributed by atoms with Gasteiger partial charge < -0.3 is 0 Å². The second-order valence-corrected chi connectivity index (χ2v) is 16.4. The molecule has 8 fully saturated rings. The van der Waals surface area contributed by atoms with Gasteiger partial charge >= 0.3 is 0 Å². The number of alkyl halides is 2. The van der Waals surface area contributed by atoms with Gasteiger partial charge in [-0.3, -0.25) is 9.59 Å². The third-order valence-corrected chi connectivity index (χ3v) is 12.1. The van der Waals surface area contributed by atoms with Crippen LogP contribution in [0.25, 0.3) is 5.57 Å². The standard InChI is InChI=1S/C19H23Cl.C10H13ClO.C9H10O/c1-12-4-3-5-15(6-12)13(2)18-16-7-14-8-17(18)11-19(20,9-14)10-16;11-10-3-6-1-7(4-10)9(12)8(2-6)5-10;1-7-4-3-5-9(6-7)8(2)10/h3-6,14,16-17H,7-11H2,1-2H3;6-8H,1-5H2;3-6H,1-2H3. The molecule has 8 saturated carbocycles. The Morgan fingerprint density at radius 3 is 1.52 bits per heavy atom. The summed E-state index contributed by atoms with van der Waals surface area (Å²) in [5.74, 6) is 4.55. The Labute approximate surface area is 262 Å². The Morgan fingerprint density at radius 1 is 0.667 bits per heavy atom. The first-order valence-electron chi connectivity index (χ1n) is 16.2. The van der Waals surface area contributed by atoms with Crippen LogP contribution in [0.4, 0.5) is 0 Å². The minimum absolute atomic E-state index is 0.0322. The largest absolute Gasteiger partial charge is 0.299 e. The summed E-state index contributed by atoms with van der Waals surface area (Å²) in [6.07, 6.45) is 11.9. The molecule has 224 valence electrons. The van der Waals surface area contributed by atoms with E-state index in [0.717, 1.165) is 60.5 Å². The Kier molecular flexibility index (Phi) is 8.29. The van der Waals surface area contributed by atoms with Crippen molar-refractivity contribution in [2.24, 2.45) is 35.5 Å². The van der Waals surface area contributed by atoms with Crippen molar-refractivity contribution in [2.75, 3.05) is 0 Å². The summed E-state index contributed by atoms with van der Waals surface area (Å²) < 4.78 is 0. The van der Waals surface area contributed by atoms with Gasteiger partial charge in [0.05, 0.1) is 0 Å². The van der Waals surface area contributed by atoms with Gasteiger partial charge in [-0.25, -0.2) is 0 Å². The molecule has 0 saturated heterocycles. The topological polar surface area (TPSA) is 34.1 Å². The van der Waals surface area contributed by atoms with E-state index in [9.17, 15) is 9.59 Å². The van der Waals surface area contributed by atoms with Gasteiger partial charge in [-0.2, -0.15) is 0 Å². The van der Waals surface area contributed by atoms with Crippen LogP contribution in [0.2, 0.25) is 0 Å². The number of Topliss-reactive ketones (excluding diaryl/α,β-unsaturated/α-hetero) is 2. The highest BCUT2D eigenvalue weighted by Gasteiger charge is 2.54. The molecule has 0 heterocycles. The molecule has 0 amide bonds. The molecule has 10 rings (SSSR count). The molecular formula is C38H46Cl2O2. The zero-order valence-corrected chi connectivity index (χ0v) is 27.2. The Hall–Kier alpha value is -1.90. The first-order valence-corrected chi connectivity index (χ1v) is 16.9. The fourth-order valence-corrected chi connectivity index (χ4v) is 11.0. The average molecular weight is 606 g/mol. The lowest BCUT2D eigenvalue weighted by molar-refractivity contribution is -0.138. The number of hydrogen-bond acceptors (Lipinski definition) is 2. The number of halogens is 2. The highest BCUT2D eigenvalue weighted by Crippen LogP contribution is 2.61. The molecule has 42 heavy (non-hydrogen) atoms. The van der Waals surface area contributed by atoms with E-state index >= 15 is 0 Å². The molecule has 2 aromatic rings. The number of benzene rings is 2. The van der Waals surface area contributed by atoms with Crippen LogP contribution in [0.5, 0.6) is 0 Å². The van der Waals surface area contributed by atoms with E-state index in [4.69, 9.17) is 23.2 Å². The monoisotopic (exact) mass is 604 g/mol. The molecule has 2 aromatic carbocycles. The Morgan fingerprint density at radius 2 is 1.10 bits per heavy atom. The van der Waals surface area contributed by atoms with Crippen LogP contribution in [0, 0.1) is 49.4 Å². The van der Waals surface area contributed by atoms with Crippen LogP contribution in [0.1, 0.15) is 105 Å². The van der Waals surface area contributed by atoms with Gasteiger partial charge in [-0.05, 0) is 133 Å². The van der Waals surface area contributed by atoms with E-state index in [1.165, 1.54) is 49.7 Å². The van der Waals surface area contributed by atoms with E-state index in [2.05, 4.69) is 38.1 Å². The number of carbonyl (C=O) groups is 2. The van der Waals surface area contributed by atoms with Gasteiger partial charge in [0, 0.05) is 27.1 Å². The zero-order valence-electron chi connectivity index (χ0n) is 25.7. The van der Waals surface area contributed by atoms with Gasteiger partial charge in [-0.1, -0.05) is 59.2 Å². The first-order chi connectivity index (χ1) is 19.9. The molecule has 2 nitrogen and oxygen atoms in total. The summed E-state index contributed by atoms with van der Waals surface area (Å²) in [6, 6.07) is 16.6. The average Bonchev–Trinajstić information content (AvgIpc) is 2.90. The highest BCUT2D eigenvalue weighted by molar-refractivity contribution is 6.25. The maximum Gasteiger partial charge on any atom is 0.159 e. The molecule has 8 bridgehead atoms. The van der Waals surface area contributed by atoms with Crippen LogP contribution in [-0.2, 0) is 4.79 Å². The van der Waals surface area contributed by atoms with Crippen LogP contribution in [-0.4, -0.2) is 21.3 Å². The lowest BCUT2D eigenvalue weighted by Crippen LogP contribution is -2.52. The fourth-order valence-electron chi connectivity index (χ4n) is 9.87. The molecule has 8 aliphatic carbocycles. The van der Waals surface area contributed by atoms with Gasteiger partial charge in [0.15, 0.2) is 5.78 Å². The third-order valence-electron chi connectivity index (χ3n) is 11.2. The number of aryl methyl sites for hydroxylation is 2. The third kappa shape index (κ3) is 6.18. The van der Waals surface area contributed by atoms with E-state index < -0.39 is 0 Å². The minimum atomic E-state index is 0.0322. The summed E-state index contributed by atoms with van der Waals surface area (Å²) >= 11 is 13.3. The number of allylic oxidation sites excluding steroid dienone is 2. The van der Waals surface area contributed by atoms with Crippen molar-refractivity contribution in [2.45, 2.75) is 102 Å². The maximum absolute atomic E-state index is 11.7. The zero-order chi connectivity index (χ0) is 29.8. The predicted octanol–water partition coefficient (Wildman–Crippen LogP) is 10.2. The normalized spacial score (nSPS) is 36.6. The summed E-state index contributed by atoms with van der Waals surface area (Å²) in [7, 11) is 0. The second kappa shape index (κ2) is 11.6. The molecular weight excluding hydrogens is 559 g/mol.